The first-order valence-electron chi connectivity index (χ1n) is 10.0. The average Bonchev–Trinajstić information content (AvgIpc) is 2.46. The van der Waals surface area contributed by atoms with Gasteiger partial charge in [-0.25, -0.2) is 0 Å². The Hall–Kier alpha value is -0.980. The number of fused-ring (bicyclic) bond motifs is 1. The van der Waals surface area contributed by atoms with Gasteiger partial charge in [0.1, 0.15) is 11.4 Å². The molecule has 0 spiro atoms. The van der Waals surface area contributed by atoms with Crippen molar-refractivity contribution in [1.82, 2.24) is 0 Å². The third-order valence-corrected chi connectivity index (χ3v) is 5.55. The monoisotopic (exact) mass is 330 g/mol. The molecule has 1 aromatic carbocycles. The highest BCUT2D eigenvalue weighted by atomic mass is 16.5. The number of hydrogen-bond acceptors (Lipinski definition) is 1. The lowest BCUT2D eigenvalue weighted by molar-refractivity contribution is 0.0374. The SMILES string of the molecule is CCc1cc(C)c2c(c1)CC[C@](C)(C[C@@H](C)C[C@@H](C)CC(C)C)O2. The average molecular weight is 331 g/mol. The molecule has 1 heterocycles. The Bertz CT molecular complexity index is 545. The maximum absolute atomic E-state index is 6.58. The first kappa shape index (κ1) is 19.3. The van der Waals surface area contributed by atoms with E-state index in [0.717, 1.165) is 37.0 Å². The Labute approximate surface area is 150 Å². The zero-order valence-electron chi connectivity index (χ0n) is 17.0. The maximum Gasteiger partial charge on any atom is 0.126 e. The largest absolute Gasteiger partial charge is 0.487 e. The fourth-order valence-corrected chi connectivity index (χ4v) is 4.71. The van der Waals surface area contributed by atoms with Gasteiger partial charge in [0.05, 0.1) is 0 Å². The van der Waals surface area contributed by atoms with Crippen LogP contribution < -0.4 is 4.74 Å². The van der Waals surface area contributed by atoms with E-state index >= 15 is 0 Å². The topological polar surface area (TPSA) is 9.23 Å². The second-order valence-corrected chi connectivity index (χ2v) is 9.09. The van der Waals surface area contributed by atoms with Crippen LogP contribution in [0.15, 0.2) is 12.1 Å². The fourth-order valence-electron chi connectivity index (χ4n) is 4.71. The van der Waals surface area contributed by atoms with E-state index in [2.05, 4.69) is 60.6 Å². The molecule has 1 nitrogen and oxygen atoms in total. The van der Waals surface area contributed by atoms with Crippen molar-refractivity contribution in [2.24, 2.45) is 17.8 Å². The van der Waals surface area contributed by atoms with Crippen molar-refractivity contribution in [2.75, 3.05) is 0 Å². The van der Waals surface area contributed by atoms with Gasteiger partial charge in [0.2, 0.25) is 0 Å². The van der Waals surface area contributed by atoms with E-state index in [0.29, 0.717) is 0 Å². The van der Waals surface area contributed by atoms with Crippen LogP contribution >= 0.6 is 0 Å². The second-order valence-electron chi connectivity index (χ2n) is 9.09. The van der Waals surface area contributed by atoms with Gasteiger partial charge in [-0.3, -0.25) is 0 Å². The molecule has 3 atom stereocenters. The summed E-state index contributed by atoms with van der Waals surface area (Å²) in [4.78, 5) is 0. The first-order chi connectivity index (χ1) is 11.2. The molecule has 0 aromatic heterocycles. The minimum atomic E-state index is 0.00244. The summed E-state index contributed by atoms with van der Waals surface area (Å²) in [5.74, 6) is 3.51. The van der Waals surface area contributed by atoms with Gasteiger partial charge in [0.25, 0.3) is 0 Å². The summed E-state index contributed by atoms with van der Waals surface area (Å²) in [7, 11) is 0. The molecule has 1 aromatic rings. The van der Waals surface area contributed by atoms with Gasteiger partial charge in [0, 0.05) is 0 Å². The molecule has 0 radical (unpaired) electrons. The maximum atomic E-state index is 6.58. The van der Waals surface area contributed by atoms with Crippen LogP contribution in [-0.4, -0.2) is 5.60 Å². The van der Waals surface area contributed by atoms with Gasteiger partial charge in [-0.1, -0.05) is 46.8 Å². The van der Waals surface area contributed by atoms with Crippen LogP contribution in [-0.2, 0) is 12.8 Å². The highest BCUT2D eigenvalue weighted by molar-refractivity contribution is 5.46. The number of rotatable bonds is 7. The van der Waals surface area contributed by atoms with Crippen LogP contribution in [0.5, 0.6) is 5.75 Å². The number of benzene rings is 1. The highest BCUT2D eigenvalue weighted by Crippen LogP contribution is 2.40. The molecule has 2 rings (SSSR count). The predicted octanol–water partition coefficient (Wildman–Crippen LogP) is 6.74. The Kier molecular flexibility index (Phi) is 6.39. The molecular weight excluding hydrogens is 292 g/mol. The van der Waals surface area contributed by atoms with E-state index in [1.54, 1.807) is 0 Å². The van der Waals surface area contributed by atoms with Gasteiger partial charge < -0.3 is 4.74 Å². The van der Waals surface area contributed by atoms with Crippen molar-refractivity contribution < 1.29 is 4.74 Å². The summed E-state index contributed by atoms with van der Waals surface area (Å²) >= 11 is 0. The zero-order chi connectivity index (χ0) is 17.9. The van der Waals surface area contributed by atoms with Crippen LogP contribution in [0.2, 0.25) is 0 Å². The van der Waals surface area contributed by atoms with Crippen molar-refractivity contribution in [2.45, 2.75) is 92.6 Å². The Morgan fingerprint density at radius 3 is 2.42 bits per heavy atom. The van der Waals surface area contributed by atoms with E-state index in [4.69, 9.17) is 4.74 Å². The molecule has 136 valence electrons. The highest BCUT2D eigenvalue weighted by Gasteiger charge is 2.34. The molecule has 1 aliphatic rings. The summed E-state index contributed by atoms with van der Waals surface area (Å²) in [6, 6.07) is 4.66. The quantitative estimate of drug-likeness (QED) is 0.538. The van der Waals surface area contributed by atoms with Crippen molar-refractivity contribution in [3.63, 3.8) is 0 Å². The van der Waals surface area contributed by atoms with E-state index in [-0.39, 0.29) is 5.60 Å². The predicted molar refractivity (Wildman–Crippen MR) is 105 cm³/mol. The zero-order valence-corrected chi connectivity index (χ0v) is 17.0. The van der Waals surface area contributed by atoms with Gasteiger partial charge in [0.15, 0.2) is 0 Å². The van der Waals surface area contributed by atoms with Crippen molar-refractivity contribution in [1.29, 1.82) is 0 Å². The van der Waals surface area contributed by atoms with Crippen LogP contribution in [0.3, 0.4) is 0 Å². The number of aryl methyl sites for hydroxylation is 3. The summed E-state index contributed by atoms with van der Waals surface area (Å²) in [5, 5.41) is 0. The van der Waals surface area contributed by atoms with Gasteiger partial charge in [-0.2, -0.15) is 0 Å². The summed E-state index contributed by atoms with van der Waals surface area (Å²) in [6.45, 7) is 16.2. The van der Waals surface area contributed by atoms with Crippen LogP contribution in [0, 0.1) is 24.7 Å². The van der Waals surface area contributed by atoms with E-state index in [9.17, 15) is 0 Å². The molecule has 0 saturated carbocycles. The smallest absolute Gasteiger partial charge is 0.126 e. The van der Waals surface area contributed by atoms with Gasteiger partial charge in [-0.05, 0) is 86.8 Å². The molecule has 0 unspecified atom stereocenters. The Balaban J connectivity index is 2.02. The standard InChI is InChI=1S/C23H38O/c1-8-20-13-19(6)22-21(14-20)9-10-23(7,24-22)15-18(5)12-17(4)11-16(2)3/h13-14,16-18H,8-12,15H2,1-7H3/t17-,18-,23+/m0/s1. The normalized spacial score (nSPS) is 22.8. The first-order valence-corrected chi connectivity index (χ1v) is 10.0. The van der Waals surface area contributed by atoms with E-state index in [1.807, 2.05) is 0 Å². The third-order valence-electron chi connectivity index (χ3n) is 5.55. The molecule has 0 bridgehead atoms. The molecule has 1 aliphatic heterocycles. The second kappa shape index (κ2) is 7.93. The molecule has 0 fully saturated rings. The van der Waals surface area contributed by atoms with Crippen molar-refractivity contribution in [3.8, 4) is 5.75 Å². The summed E-state index contributed by atoms with van der Waals surface area (Å²) in [6.07, 6.45) is 7.24. The fraction of sp³-hybridized carbons (Fsp3) is 0.739. The Morgan fingerprint density at radius 2 is 1.79 bits per heavy atom. The summed E-state index contributed by atoms with van der Waals surface area (Å²) < 4.78 is 6.58. The molecule has 0 amide bonds. The lowest BCUT2D eigenvalue weighted by atomic mass is 9.80. The Morgan fingerprint density at radius 1 is 1.08 bits per heavy atom. The molecule has 0 N–H and O–H groups in total. The minimum Gasteiger partial charge on any atom is -0.487 e. The molecule has 24 heavy (non-hydrogen) atoms. The number of ether oxygens (including phenoxy) is 1. The minimum absolute atomic E-state index is 0.00244. The van der Waals surface area contributed by atoms with E-state index < -0.39 is 0 Å². The van der Waals surface area contributed by atoms with Crippen LogP contribution in [0.4, 0.5) is 0 Å². The lowest BCUT2D eigenvalue weighted by Gasteiger charge is -2.39. The number of hydrogen-bond donors (Lipinski definition) is 0. The van der Waals surface area contributed by atoms with Crippen LogP contribution in [0.1, 0.15) is 83.9 Å². The van der Waals surface area contributed by atoms with Crippen LogP contribution in [0.25, 0.3) is 0 Å². The van der Waals surface area contributed by atoms with Gasteiger partial charge >= 0.3 is 0 Å². The van der Waals surface area contributed by atoms with E-state index in [1.165, 1.54) is 41.7 Å². The molecule has 0 saturated heterocycles. The van der Waals surface area contributed by atoms with Crippen molar-refractivity contribution in [3.05, 3.63) is 28.8 Å². The molecule has 1 heteroatoms. The molecular formula is C23H38O. The lowest BCUT2D eigenvalue weighted by Crippen LogP contribution is -2.38. The van der Waals surface area contributed by atoms with Gasteiger partial charge in [-0.15, -0.1) is 0 Å². The van der Waals surface area contributed by atoms with Crippen molar-refractivity contribution >= 4 is 0 Å². The molecule has 0 aliphatic carbocycles. The third kappa shape index (κ3) is 5.01. The summed E-state index contributed by atoms with van der Waals surface area (Å²) in [5.41, 5.74) is 4.18.